The minimum Gasteiger partial charge on any atom is -0.508 e. The lowest BCUT2D eigenvalue weighted by Crippen LogP contribution is -2.51. The van der Waals surface area contributed by atoms with Crippen molar-refractivity contribution in [1.82, 2.24) is 26.6 Å². The first-order valence-corrected chi connectivity index (χ1v) is 24.4. The van der Waals surface area contributed by atoms with Gasteiger partial charge in [-0.1, -0.05) is 69.2 Å². The Morgan fingerprint density at radius 1 is 0.708 bits per heavy atom. The highest BCUT2D eigenvalue weighted by atomic mass is 16.4. The van der Waals surface area contributed by atoms with Crippen LogP contribution in [0.3, 0.4) is 0 Å². The highest BCUT2D eigenvalue weighted by Crippen LogP contribution is 2.42. The third kappa shape index (κ3) is 16.5. The van der Waals surface area contributed by atoms with Gasteiger partial charge in [-0.3, -0.25) is 38.4 Å². The second-order valence-corrected chi connectivity index (χ2v) is 18.5. The summed E-state index contributed by atoms with van der Waals surface area (Å²) in [5, 5.41) is 34.4. The maximum absolute atomic E-state index is 13.7. The number of rotatable bonds is 28. The highest BCUT2D eigenvalue weighted by Gasteiger charge is 2.29. The van der Waals surface area contributed by atoms with Gasteiger partial charge >= 0.3 is 5.97 Å². The number of nitrogens with one attached hydrogen (secondary N) is 5. The number of phenolic OH excluding ortho intramolecular Hbond substituents is 1. The van der Waals surface area contributed by atoms with Crippen LogP contribution in [0.25, 0.3) is 33.4 Å². The maximum Gasteiger partial charge on any atom is 0.336 e. The van der Waals surface area contributed by atoms with Crippen molar-refractivity contribution in [2.75, 3.05) is 20.1 Å². The molecule has 1 aliphatic heterocycles. The molecule has 382 valence electrons. The van der Waals surface area contributed by atoms with Crippen molar-refractivity contribution in [1.29, 1.82) is 0 Å². The first kappa shape index (κ1) is 55.2. The van der Waals surface area contributed by atoms with Gasteiger partial charge in [-0.25, -0.2) is 4.79 Å². The molecule has 1 aliphatic carbocycles. The quantitative estimate of drug-likeness (QED) is 0.0161. The van der Waals surface area contributed by atoms with E-state index in [2.05, 4.69) is 26.6 Å². The topological polar surface area (TPSA) is 267 Å². The number of Topliss-reactive ketones (excluding diaryl/α,β-unsaturated/α-hetero) is 2. The van der Waals surface area contributed by atoms with Crippen molar-refractivity contribution in [3.05, 3.63) is 112 Å². The van der Waals surface area contributed by atoms with Crippen molar-refractivity contribution in [3.8, 4) is 28.2 Å². The van der Waals surface area contributed by atoms with Crippen molar-refractivity contribution in [2.24, 2.45) is 11.8 Å². The minimum absolute atomic E-state index is 0.0106. The number of carboxylic acid groups (broad SMARTS) is 1. The van der Waals surface area contributed by atoms with E-state index >= 15 is 0 Å². The highest BCUT2D eigenvalue weighted by molar-refractivity contribution is 6.09. The van der Waals surface area contributed by atoms with Gasteiger partial charge in [0.1, 0.15) is 23.1 Å². The molecule has 2 aliphatic rings. The van der Waals surface area contributed by atoms with E-state index in [4.69, 9.17) is 4.42 Å². The van der Waals surface area contributed by atoms with Gasteiger partial charge in [0.15, 0.2) is 17.0 Å². The predicted molar refractivity (Wildman–Crippen MR) is 271 cm³/mol. The van der Waals surface area contributed by atoms with Gasteiger partial charge in [0.05, 0.1) is 18.2 Å². The van der Waals surface area contributed by atoms with Gasteiger partial charge in [0, 0.05) is 79.9 Å². The molecule has 17 nitrogen and oxygen atoms in total. The van der Waals surface area contributed by atoms with Crippen molar-refractivity contribution in [3.63, 3.8) is 0 Å². The fraction of sp³-hybridized carbons (Fsp3) is 0.400. The second-order valence-electron chi connectivity index (χ2n) is 18.5. The average Bonchev–Trinajstić information content (AvgIpc) is 3.34. The Balaban J connectivity index is 1.11. The molecule has 1 heterocycles. The van der Waals surface area contributed by atoms with Gasteiger partial charge in [0.2, 0.25) is 29.5 Å². The third-order valence-electron chi connectivity index (χ3n) is 12.3. The molecule has 0 spiro atoms. The van der Waals surface area contributed by atoms with Crippen LogP contribution in [0.4, 0.5) is 0 Å². The molecule has 0 saturated carbocycles. The SMILES string of the molecule is CNC(=O)[C@@H](CC(=O)[C@@H](CCCCNC(C)=O)NC(=O)CNC(=O)[C@H](CC(C)C)NC(=O)CCCCCCC(=O)c1ccc(-c2c3ccc(=O)cc-3oc3cc(O)ccc23)c(C(=O)O)c1)Cc1ccccc1. The number of aromatic hydroxyl groups is 1. The number of unbranched alkanes of at least 4 members (excludes halogenated alkanes) is 4. The minimum atomic E-state index is -1.26. The Morgan fingerprint density at radius 2 is 1.42 bits per heavy atom. The Kier molecular flexibility index (Phi) is 20.8. The van der Waals surface area contributed by atoms with Crippen LogP contribution in [0.15, 0.2) is 94.1 Å². The molecule has 72 heavy (non-hydrogen) atoms. The number of hydrogen-bond donors (Lipinski definition) is 7. The Morgan fingerprint density at radius 3 is 2.11 bits per heavy atom. The summed E-state index contributed by atoms with van der Waals surface area (Å²) in [5.74, 6) is -4.44. The number of carboxylic acids is 1. The first-order chi connectivity index (χ1) is 34.4. The number of carbonyl (C=O) groups excluding carboxylic acids is 7. The van der Waals surface area contributed by atoms with Crippen LogP contribution in [-0.2, 0) is 35.2 Å². The predicted octanol–water partition coefficient (Wildman–Crippen LogP) is 6.49. The molecule has 5 rings (SSSR count). The molecule has 0 radical (unpaired) electrons. The lowest BCUT2D eigenvalue weighted by molar-refractivity contribution is -0.132. The molecular weight excluding hydrogens is 923 g/mol. The summed E-state index contributed by atoms with van der Waals surface area (Å²) in [7, 11) is 1.50. The number of amides is 5. The number of ketones is 2. The summed E-state index contributed by atoms with van der Waals surface area (Å²) in [5.41, 5.74) is 2.15. The summed E-state index contributed by atoms with van der Waals surface area (Å²) in [4.78, 5) is 116. The summed E-state index contributed by atoms with van der Waals surface area (Å²) in [6, 6.07) is 20.5. The van der Waals surface area contributed by atoms with E-state index in [1.54, 1.807) is 24.3 Å². The van der Waals surface area contributed by atoms with Gasteiger partial charge in [0.25, 0.3) is 0 Å². The number of phenols is 1. The van der Waals surface area contributed by atoms with Crippen LogP contribution in [-0.4, -0.2) is 89.5 Å². The zero-order valence-corrected chi connectivity index (χ0v) is 41.3. The fourth-order valence-corrected chi connectivity index (χ4v) is 8.63. The number of aromatic carboxylic acids is 1. The molecule has 0 bridgehead atoms. The van der Waals surface area contributed by atoms with Crippen LogP contribution in [0, 0.1) is 11.8 Å². The summed E-state index contributed by atoms with van der Waals surface area (Å²) >= 11 is 0. The number of carbonyl (C=O) groups is 8. The summed E-state index contributed by atoms with van der Waals surface area (Å²) in [6.45, 7) is 5.12. The van der Waals surface area contributed by atoms with Crippen LogP contribution in [0.1, 0.15) is 118 Å². The van der Waals surface area contributed by atoms with E-state index in [9.17, 15) is 53.4 Å². The maximum atomic E-state index is 13.7. The van der Waals surface area contributed by atoms with Crippen LogP contribution in [0.5, 0.6) is 5.75 Å². The van der Waals surface area contributed by atoms with Crippen molar-refractivity contribution in [2.45, 2.75) is 110 Å². The Labute approximate surface area is 418 Å². The Hall–Kier alpha value is -7.69. The molecule has 3 atom stereocenters. The fourth-order valence-electron chi connectivity index (χ4n) is 8.63. The lowest BCUT2D eigenvalue weighted by Gasteiger charge is -2.22. The van der Waals surface area contributed by atoms with E-state index < -0.39 is 42.3 Å². The van der Waals surface area contributed by atoms with E-state index in [1.807, 2.05) is 44.2 Å². The molecule has 3 aromatic carbocycles. The van der Waals surface area contributed by atoms with Gasteiger partial charge in [-0.2, -0.15) is 0 Å². The number of fused-ring (bicyclic) bond motifs is 2. The molecule has 0 fully saturated rings. The Bertz CT molecular complexity index is 2770. The summed E-state index contributed by atoms with van der Waals surface area (Å²) in [6.07, 6.45) is 4.17. The smallest absolute Gasteiger partial charge is 0.336 e. The van der Waals surface area contributed by atoms with Crippen molar-refractivity contribution >= 4 is 58.0 Å². The van der Waals surface area contributed by atoms with Crippen LogP contribution >= 0.6 is 0 Å². The van der Waals surface area contributed by atoms with Crippen LogP contribution < -0.4 is 32.0 Å². The zero-order chi connectivity index (χ0) is 52.3. The van der Waals surface area contributed by atoms with E-state index in [0.29, 0.717) is 80.0 Å². The molecule has 0 unspecified atom stereocenters. The normalized spacial score (nSPS) is 12.4. The molecule has 17 heteroatoms. The number of benzene rings is 4. The average molecular weight is 988 g/mol. The standard InChI is InChI=1S/C55H65N5O12/c1-33(2)26-45(54(69)58-32-51(67)59-44(16-12-13-25-57-34(3)61)47(65)29-37(53(68)56-4)27-35-14-8-7-9-15-35)60-50(66)18-11-6-5-10-17-46(64)36-19-22-40(43(28-36)55(70)71)52-41-23-20-38(62)30-48(41)72-49-31-39(63)21-24-42(49)52/h7-9,14-15,19-24,28,30-31,33,37,44-45,62H,5-6,10-13,16-18,25-27,29,32H2,1-4H3,(H,56,68)(H,57,61)(H,58,69)(H,59,67)(H,60,66)(H,70,71)/t37-,44-,45+/m1/s1. The monoisotopic (exact) mass is 987 g/mol. The molecule has 0 saturated heterocycles. The lowest BCUT2D eigenvalue weighted by atomic mass is 9.89. The van der Waals surface area contributed by atoms with Crippen LogP contribution in [0.2, 0.25) is 0 Å². The van der Waals surface area contributed by atoms with Crippen molar-refractivity contribution < 1.29 is 53.0 Å². The molecule has 3 aromatic rings. The third-order valence-corrected chi connectivity index (χ3v) is 12.3. The van der Waals surface area contributed by atoms with Gasteiger partial charge in [-0.05, 0) is 92.3 Å². The van der Waals surface area contributed by atoms with E-state index in [-0.39, 0.29) is 94.5 Å². The van der Waals surface area contributed by atoms with Gasteiger partial charge in [-0.15, -0.1) is 0 Å². The van der Waals surface area contributed by atoms with E-state index in [1.165, 1.54) is 44.3 Å². The molecular formula is C55H65N5O12. The van der Waals surface area contributed by atoms with Gasteiger partial charge < -0.3 is 41.2 Å². The summed E-state index contributed by atoms with van der Waals surface area (Å²) < 4.78 is 5.90. The molecule has 7 N–H and O–H groups in total. The second kappa shape index (κ2) is 27.1. The number of hydrogen-bond acceptors (Lipinski definition) is 11. The molecule has 0 aromatic heterocycles. The largest absolute Gasteiger partial charge is 0.508 e. The first-order valence-electron chi connectivity index (χ1n) is 24.4. The van der Waals surface area contributed by atoms with E-state index in [0.717, 1.165) is 5.56 Å². The molecule has 5 amide bonds. The zero-order valence-electron chi connectivity index (χ0n) is 41.3.